The first-order valence-electron chi connectivity index (χ1n) is 5.73. The fourth-order valence-electron chi connectivity index (χ4n) is 1.41. The zero-order valence-electron chi connectivity index (χ0n) is 10.5. The highest BCUT2D eigenvalue weighted by Gasteiger charge is 2.07. The van der Waals surface area contributed by atoms with Crippen LogP contribution in [0.1, 0.15) is 31.4 Å². The van der Waals surface area contributed by atoms with Crippen LogP contribution in [-0.4, -0.2) is 12.4 Å². The van der Waals surface area contributed by atoms with Crippen molar-refractivity contribution in [3.63, 3.8) is 0 Å². The summed E-state index contributed by atoms with van der Waals surface area (Å²) in [6.07, 6.45) is 0.491. The Kier molecular flexibility index (Phi) is 4.53. The van der Waals surface area contributed by atoms with Crippen LogP contribution in [0.2, 0.25) is 0 Å². The summed E-state index contributed by atoms with van der Waals surface area (Å²) in [5.74, 6) is 1.24. The molecule has 0 saturated heterocycles. The molecule has 0 heterocycles. The Labute approximate surface area is 97.6 Å². The van der Waals surface area contributed by atoms with Gasteiger partial charge in [-0.1, -0.05) is 26.0 Å². The van der Waals surface area contributed by atoms with Gasteiger partial charge in [-0.05, 0) is 31.0 Å². The Balaban J connectivity index is 2.49. The van der Waals surface area contributed by atoms with Gasteiger partial charge >= 0.3 is 0 Å². The van der Waals surface area contributed by atoms with E-state index in [0.29, 0.717) is 13.0 Å². The van der Waals surface area contributed by atoms with Crippen molar-refractivity contribution in [1.29, 1.82) is 0 Å². The fraction of sp³-hybridized carbons (Fsp3) is 0.500. The van der Waals surface area contributed by atoms with Crippen molar-refractivity contribution in [3.8, 4) is 5.75 Å². The van der Waals surface area contributed by atoms with Gasteiger partial charge in [0.25, 0.3) is 0 Å². The lowest BCUT2D eigenvalue weighted by atomic mass is 10.1. The van der Waals surface area contributed by atoms with Gasteiger partial charge in [-0.2, -0.15) is 0 Å². The van der Waals surface area contributed by atoms with Crippen molar-refractivity contribution < 1.29 is 9.53 Å². The summed E-state index contributed by atoms with van der Waals surface area (Å²) in [7, 11) is 0. The van der Waals surface area contributed by atoms with Crippen LogP contribution in [0.15, 0.2) is 18.2 Å². The number of ketones is 1. The summed E-state index contributed by atoms with van der Waals surface area (Å²) in [5, 5.41) is 0. The molecule has 0 aliphatic heterocycles. The van der Waals surface area contributed by atoms with Gasteiger partial charge in [0.2, 0.25) is 0 Å². The maximum atomic E-state index is 11.4. The third-order valence-corrected chi connectivity index (χ3v) is 2.59. The second-order valence-electron chi connectivity index (χ2n) is 4.49. The molecule has 0 bridgehead atoms. The number of carbonyl (C=O) groups is 1. The van der Waals surface area contributed by atoms with E-state index in [1.54, 1.807) is 0 Å². The van der Waals surface area contributed by atoms with Crippen LogP contribution < -0.4 is 4.74 Å². The predicted octanol–water partition coefficient (Wildman–Crippen LogP) is 3.30. The number of hydrogen-bond acceptors (Lipinski definition) is 2. The van der Waals surface area contributed by atoms with Crippen LogP contribution in [0.25, 0.3) is 0 Å². The predicted molar refractivity (Wildman–Crippen MR) is 65.9 cm³/mol. The SMILES string of the molecule is Cc1ccc(C)c(OCCC(=O)C(C)C)c1. The van der Waals surface area contributed by atoms with Crippen molar-refractivity contribution in [3.05, 3.63) is 29.3 Å². The molecule has 0 aromatic heterocycles. The van der Waals surface area contributed by atoms with Gasteiger partial charge in [0.05, 0.1) is 6.61 Å². The fourth-order valence-corrected chi connectivity index (χ4v) is 1.41. The van der Waals surface area contributed by atoms with Crippen molar-refractivity contribution in [1.82, 2.24) is 0 Å². The first kappa shape index (κ1) is 12.8. The van der Waals surface area contributed by atoms with E-state index in [2.05, 4.69) is 6.07 Å². The van der Waals surface area contributed by atoms with E-state index in [1.165, 1.54) is 5.56 Å². The Morgan fingerprint density at radius 3 is 2.62 bits per heavy atom. The minimum Gasteiger partial charge on any atom is -0.493 e. The van der Waals surface area contributed by atoms with Crippen LogP contribution in [0.5, 0.6) is 5.75 Å². The van der Waals surface area contributed by atoms with Crippen LogP contribution in [-0.2, 0) is 4.79 Å². The van der Waals surface area contributed by atoms with Gasteiger partial charge < -0.3 is 4.74 Å². The van der Waals surface area contributed by atoms with E-state index < -0.39 is 0 Å². The molecule has 0 N–H and O–H groups in total. The lowest BCUT2D eigenvalue weighted by Crippen LogP contribution is -2.12. The Bertz CT molecular complexity index is 367. The average molecular weight is 220 g/mol. The molecule has 1 aromatic carbocycles. The van der Waals surface area contributed by atoms with E-state index in [4.69, 9.17) is 4.74 Å². The number of ether oxygens (including phenoxy) is 1. The zero-order chi connectivity index (χ0) is 12.1. The van der Waals surface area contributed by atoms with Gasteiger partial charge in [0.1, 0.15) is 11.5 Å². The highest BCUT2D eigenvalue weighted by atomic mass is 16.5. The van der Waals surface area contributed by atoms with Crippen LogP contribution in [0, 0.1) is 19.8 Å². The molecule has 0 aliphatic rings. The van der Waals surface area contributed by atoms with Gasteiger partial charge in [-0.3, -0.25) is 4.79 Å². The molecule has 0 radical (unpaired) electrons. The average Bonchev–Trinajstić information content (AvgIpc) is 2.22. The highest BCUT2D eigenvalue weighted by Crippen LogP contribution is 2.19. The van der Waals surface area contributed by atoms with Crippen molar-refractivity contribution in [2.24, 2.45) is 5.92 Å². The Hall–Kier alpha value is -1.31. The quantitative estimate of drug-likeness (QED) is 0.761. The Morgan fingerprint density at radius 1 is 1.31 bits per heavy atom. The summed E-state index contributed by atoms with van der Waals surface area (Å²) < 4.78 is 5.62. The van der Waals surface area contributed by atoms with E-state index in [9.17, 15) is 4.79 Å². The number of benzene rings is 1. The maximum Gasteiger partial charge on any atom is 0.138 e. The molecule has 0 spiro atoms. The molecule has 0 saturated carbocycles. The third-order valence-electron chi connectivity index (χ3n) is 2.59. The van der Waals surface area contributed by atoms with E-state index in [-0.39, 0.29) is 11.7 Å². The highest BCUT2D eigenvalue weighted by molar-refractivity contribution is 5.80. The van der Waals surface area contributed by atoms with Crippen molar-refractivity contribution >= 4 is 5.78 Å². The third kappa shape index (κ3) is 3.69. The van der Waals surface area contributed by atoms with E-state index >= 15 is 0 Å². The van der Waals surface area contributed by atoms with Crippen LogP contribution >= 0.6 is 0 Å². The van der Waals surface area contributed by atoms with Crippen molar-refractivity contribution in [2.45, 2.75) is 34.1 Å². The molecule has 0 aliphatic carbocycles. The molecule has 0 amide bonds. The molecular formula is C14H20O2. The molecule has 0 atom stereocenters. The number of carbonyl (C=O) groups excluding carboxylic acids is 1. The first-order chi connectivity index (χ1) is 7.50. The number of aryl methyl sites for hydroxylation is 2. The molecule has 1 aromatic rings. The van der Waals surface area contributed by atoms with Crippen LogP contribution in [0.3, 0.4) is 0 Å². The monoisotopic (exact) mass is 220 g/mol. The Morgan fingerprint density at radius 2 is 2.00 bits per heavy atom. The minimum atomic E-state index is 0.0993. The topological polar surface area (TPSA) is 26.3 Å². The van der Waals surface area contributed by atoms with Crippen molar-refractivity contribution in [2.75, 3.05) is 6.61 Å². The lowest BCUT2D eigenvalue weighted by molar-refractivity contribution is -0.122. The maximum absolute atomic E-state index is 11.4. The molecule has 2 nitrogen and oxygen atoms in total. The summed E-state index contributed by atoms with van der Waals surface area (Å²) >= 11 is 0. The normalized spacial score (nSPS) is 10.6. The number of Topliss-reactive ketones (excluding diaryl/α,β-unsaturated/α-hetero) is 1. The largest absolute Gasteiger partial charge is 0.493 e. The van der Waals surface area contributed by atoms with Gasteiger partial charge in [0, 0.05) is 12.3 Å². The zero-order valence-corrected chi connectivity index (χ0v) is 10.5. The molecule has 1 rings (SSSR count). The molecule has 0 fully saturated rings. The minimum absolute atomic E-state index is 0.0993. The molecule has 88 valence electrons. The number of hydrogen-bond donors (Lipinski definition) is 0. The molecule has 16 heavy (non-hydrogen) atoms. The summed E-state index contributed by atoms with van der Waals surface area (Å²) in [6.45, 7) is 8.35. The standard InChI is InChI=1S/C14H20O2/c1-10(2)13(15)7-8-16-14-9-11(3)5-6-12(14)4/h5-6,9-10H,7-8H2,1-4H3. The second kappa shape index (κ2) is 5.69. The summed E-state index contributed by atoms with van der Waals surface area (Å²) in [4.78, 5) is 11.4. The van der Waals surface area contributed by atoms with E-state index in [0.717, 1.165) is 11.3 Å². The number of rotatable bonds is 5. The van der Waals surface area contributed by atoms with E-state index in [1.807, 2.05) is 39.8 Å². The van der Waals surface area contributed by atoms with Gasteiger partial charge in [-0.25, -0.2) is 0 Å². The van der Waals surface area contributed by atoms with Gasteiger partial charge in [0.15, 0.2) is 0 Å². The smallest absolute Gasteiger partial charge is 0.138 e. The van der Waals surface area contributed by atoms with Gasteiger partial charge in [-0.15, -0.1) is 0 Å². The summed E-state index contributed by atoms with van der Waals surface area (Å²) in [6, 6.07) is 6.10. The second-order valence-corrected chi connectivity index (χ2v) is 4.49. The summed E-state index contributed by atoms with van der Waals surface area (Å²) in [5.41, 5.74) is 2.29. The molecular weight excluding hydrogens is 200 g/mol. The first-order valence-corrected chi connectivity index (χ1v) is 5.73. The lowest BCUT2D eigenvalue weighted by Gasteiger charge is -2.10. The van der Waals surface area contributed by atoms with Crippen LogP contribution in [0.4, 0.5) is 0 Å². The molecule has 2 heteroatoms. The molecule has 0 unspecified atom stereocenters.